The summed E-state index contributed by atoms with van der Waals surface area (Å²) in [5.74, 6) is 0. The maximum absolute atomic E-state index is 3.33. The molecule has 2 heteroatoms. The van der Waals surface area contributed by atoms with E-state index in [0.29, 0.717) is 6.04 Å². The number of nitrogens with zero attached hydrogens (tertiary/aromatic N) is 1. The molecule has 0 saturated carbocycles. The van der Waals surface area contributed by atoms with Crippen LogP contribution in [0.15, 0.2) is 18.3 Å². The van der Waals surface area contributed by atoms with Crippen LogP contribution < -0.4 is 5.32 Å². The van der Waals surface area contributed by atoms with E-state index in [9.17, 15) is 0 Å². The van der Waals surface area contributed by atoms with Gasteiger partial charge in [-0.1, -0.05) is 6.92 Å². The van der Waals surface area contributed by atoms with E-state index in [2.05, 4.69) is 49.0 Å². The molecule has 12 heavy (non-hydrogen) atoms. The molecule has 0 spiro atoms. The van der Waals surface area contributed by atoms with Gasteiger partial charge in [-0.2, -0.15) is 0 Å². The molecule has 0 radical (unpaired) electrons. The third kappa shape index (κ3) is 2.11. The molecule has 1 heterocycles. The Balaban J connectivity index is 2.64. The molecule has 0 aromatic carbocycles. The van der Waals surface area contributed by atoms with Crippen molar-refractivity contribution in [1.29, 1.82) is 0 Å². The first kappa shape index (κ1) is 9.33. The zero-order valence-electron chi connectivity index (χ0n) is 8.17. The average Bonchev–Trinajstić information content (AvgIpc) is 2.48. The Morgan fingerprint density at radius 1 is 1.50 bits per heavy atom. The van der Waals surface area contributed by atoms with Gasteiger partial charge in [0, 0.05) is 24.5 Å². The first-order valence-corrected chi connectivity index (χ1v) is 4.62. The summed E-state index contributed by atoms with van der Waals surface area (Å²) in [6, 6.07) is 4.84. The quantitative estimate of drug-likeness (QED) is 0.725. The van der Waals surface area contributed by atoms with Crippen LogP contribution in [0.1, 0.15) is 32.5 Å². The molecule has 0 unspecified atom stereocenters. The van der Waals surface area contributed by atoms with Crippen LogP contribution in [-0.2, 0) is 6.54 Å². The van der Waals surface area contributed by atoms with E-state index in [-0.39, 0.29) is 0 Å². The van der Waals surface area contributed by atoms with Crippen LogP contribution in [0.5, 0.6) is 0 Å². The zero-order chi connectivity index (χ0) is 8.97. The molecule has 1 N–H and O–H groups in total. The third-order valence-corrected chi connectivity index (χ3v) is 1.98. The van der Waals surface area contributed by atoms with E-state index in [4.69, 9.17) is 0 Å². The van der Waals surface area contributed by atoms with E-state index in [1.165, 1.54) is 5.69 Å². The van der Waals surface area contributed by atoms with Crippen molar-refractivity contribution >= 4 is 0 Å². The van der Waals surface area contributed by atoms with E-state index < -0.39 is 0 Å². The Labute approximate surface area is 74.6 Å². The highest BCUT2D eigenvalue weighted by molar-refractivity contribution is 5.07. The lowest BCUT2D eigenvalue weighted by molar-refractivity contribution is 0.557. The Hall–Kier alpha value is -0.760. The van der Waals surface area contributed by atoms with Crippen molar-refractivity contribution in [1.82, 2.24) is 9.88 Å². The average molecular weight is 166 g/mol. The predicted molar refractivity (Wildman–Crippen MR) is 52.2 cm³/mol. The van der Waals surface area contributed by atoms with Crippen LogP contribution in [0.4, 0.5) is 0 Å². The first-order chi connectivity index (χ1) is 5.75. The van der Waals surface area contributed by atoms with Gasteiger partial charge in [0.25, 0.3) is 0 Å². The summed E-state index contributed by atoms with van der Waals surface area (Å²) in [7, 11) is 0. The van der Waals surface area contributed by atoms with Crippen molar-refractivity contribution in [3.63, 3.8) is 0 Å². The lowest BCUT2D eigenvalue weighted by atomic mass is 10.3. The van der Waals surface area contributed by atoms with Gasteiger partial charge < -0.3 is 9.88 Å². The van der Waals surface area contributed by atoms with Crippen molar-refractivity contribution in [3.8, 4) is 0 Å². The molecule has 2 nitrogen and oxygen atoms in total. The van der Waals surface area contributed by atoms with Gasteiger partial charge in [0.2, 0.25) is 0 Å². The maximum Gasteiger partial charge on any atom is 0.0359 e. The van der Waals surface area contributed by atoms with Crippen LogP contribution in [-0.4, -0.2) is 11.1 Å². The van der Waals surface area contributed by atoms with Gasteiger partial charge in [-0.05, 0) is 32.5 Å². The summed E-state index contributed by atoms with van der Waals surface area (Å²) in [6.45, 7) is 8.54. The Bertz CT molecular complexity index is 225. The fourth-order valence-electron chi connectivity index (χ4n) is 1.34. The molecule has 0 fully saturated rings. The highest BCUT2D eigenvalue weighted by atomic mass is 15.0. The largest absolute Gasteiger partial charge is 0.348 e. The molecule has 0 aliphatic heterocycles. The summed E-state index contributed by atoms with van der Waals surface area (Å²) in [4.78, 5) is 0. The fraction of sp³-hybridized carbons (Fsp3) is 0.600. The van der Waals surface area contributed by atoms with Crippen molar-refractivity contribution in [3.05, 3.63) is 24.0 Å². The molecule has 1 aromatic heterocycles. The third-order valence-electron chi connectivity index (χ3n) is 1.98. The Morgan fingerprint density at radius 3 is 2.83 bits per heavy atom. The monoisotopic (exact) mass is 166 g/mol. The lowest BCUT2D eigenvalue weighted by Crippen LogP contribution is -2.15. The predicted octanol–water partition coefficient (Wildman–Crippen LogP) is 2.18. The summed E-state index contributed by atoms with van der Waals surface area (Å²) in [6.07, 6.45) is 2.14. The molecule has 1 aromatic rings. The highest BCUT2D eigenvalue weighted by Crippen LogP contribution is 2.09. The van der Waals surface area contributed by atoms with Crippen LogP contribution >= 0.6 is 0 Å². The topological polar surface area (TPSA) is 17.0 Å². The maximum atomic E-state index is 3.33. The Kier molecular flexibility index (Phi) is 3.35. The molecule has 0 amide bonds. The standard InChI is InChI=1S/C10H18N2/c1-4-11-8-10-6-5-7-12(10)9(2)3/h5-7,9,11H,4,8H2,1-3H3. The molecular weight excluding hydrogens is 148 g/mol. The van der Waals surface area contributed by atoms with E-state index in [1.54, 1.807) is 0 Å². The van der Waals surface area contributed by atoms with Crippen molar-refractivity contribution in [2.45, 2.75) is 33.4 Å². The number of hydrogen-bond acceptors (Lipinski definition) is 1. The number of hydrogen-bond donors (Lipinski definition) is 1. The van der Waals surface area contributed by atoms with Crippen molar-refractivity contribution < 1.29 is 0 Å². The van der Waals surface area contributed by atoms with Gasteiger partial charge in [-0.3, -0.25) is 0 Å². The summed E-state index contributed by atoms with van der Waals surface area (Å²) >= 11 is 0. The van der Waals surface area contributed by atoms with E-state index in [0.717, 1.165) is 13.1 Å². The van der Waals surface area contributed by atoms with Crippen LogP contribution in [0.2, 0.25) is 0 Å². The minimum Gasteiger partial charge on any atom is -0.348 e. The SMILES string of the molecule is CCNCc1cccn1C(C)C. The van der Waals surface area contributed by atoms with Gasteiger partial charge >= 0.3 is 0 Å². The molecule has 0 aliphatic carbocycles. The normalized spacial score (nSPS) is 11.0. The molecule has 68 valence electrons. The molecule has 0 bridgehead atoms. The number of rotatable bonds is 4. The highest BCUT2D eigenvalue weighted by Gasteiger charge is 2.01. The second kappa shape index (κ2) is 4.31. The molecule has 0 atom stereocenters. The number of aromatic nitrogens is 1. The second-order valence-corrected chi connectivity index (χ2v) is 3.28. The van der Waals surface area contributed by atoms with E-state index >= 15 is 0 Å². The zero-order valence-corrected chi connectivity index (χ0v) is 8.17. The van der Waals surface area contributed by atoms with Gasteiger partial charge in [-0.15, -0.1) is 0 Å². The summed E-state index contributed by atoms with van der Waals surface area (Å²) < 4.78 is 2.29. The van der Waals surface area contributed by atoms with E-state index in [1.807, 2.05) is 0 Å². The minimum atomic E-state index is 0.564. The van der Waals surface area contributed by atoms with Gasteiger partial charge in [0.1, 0.15) is 0 Å². The van der Waals surface area contributed by atoms with Crippen molar-refractivity contribution in [2.75, 3.05) is 6.54 Å². The molecular formula is C10H18N2. The van der Waals surface area contributed by atoms with Crippen molar-refractivity contribution in [2.24, 2.45) is 0 Å². The minimum absolute atomic E-state index is 0.564. The lowest BCUT2D eigenvalue weighted by Gasteiger charge is -2.12. The van der Waals surface area contributed by atoms with Crippen LogP contribution in [0.25, 0.3) is 0 Å². The first-order valence-electron chi connectivity index (χ1n) is 4.62. The van der Waals surface area contributed by atoms with Crippen LogP contribution in [0, 0.1) is 0 Å². The molecule has 1 rings (SSSR count). The summed E-state index contributed by atoms with van der Waals surface area (Å²) in [5.41, 5.74) is 1.37. The second-order valence-electron chi connectivity index (χ2n) is 3.28. The van der Waals surface area contributed by atoms with Gasteiger partial charge in [0.15, 0.2) is 0 Å². The molecule has 0 saturated heterocycles. The van der Waals surface area contributed by atoms with Gasteiger partial charge in [0.05, 0.1) is 0 Å². The molecule has 0 aliphatic rings. The van der Waals surface area contributed by atoms with Gasteiger partial charge in [-0.25, -0.2) is 0 Å². The summed E-state index contributed by atoms with van der Waals surface area (Å²) in [5, 5.41) is 3.33. The van der Waals surface area contributed by atoms with Crippen LogP contribution in [0.3, 0.4) is 0 Å². The smallest absolute Gasteiger partial charge is 0.0359 e. The Morgan fingerprint density at radius 2 is 2.25 bits per heavy atom. The fourth-order valence-corrected chi connectivity index (χ4v) is 1.34. The number of nitrogens with one attached hydrogen (secondary N) is 1.